The van der Waals surface area contributed by atoms with E-state index in [1.165, 1.54) is 0 Å². The number of nitrogens with zero attached hydrogens (tertiary/aromatic N) is 2. The molecule has 1 heterocycles. The summed E-state index contributed by atoms with van der Waals surface area (Å²) in [5.41, 5.74) is 1.06. The second kappa shape index (κ2) is 13.5. The van der Waals surface area contributed by atoms with Gasteiger partial charge in [0.05, 0.1) is 0 Å². The molecule has 0 unspecified atom stereocenters. The van der Waals surface area contributed by atoms with Crippen LogP contribution in [0.2, 0.25) is 0 Å². The third-order valence-corrected chi connectivity index (χ3v) is 5.31. The second-order valence-electron chi connectivity index (χ2n) is 6.76. The normalized spacial score (nSPS) is 11.4. The lowest BCUT2D eigenvalue weighted by atomic mass is 10.2. The van der Waals surface area contributed by atoms with Crippen molar-refractivity contribution >= 4 is 41.7 Å². The van der Waals surface area contributed by atoms with E-state index in [4.69, 9.17) is 9.47 Å². The molecule has 2 aromatic rings. The SMILES string of the molecule is CN=C(NCc1ccc(OCCOc2ccccc2)nc1)NCC(C)(C)SC.I. The highest BCUT2D eigenvalue weighted by Crippen LogP contribution is 2.19. The average Bonchev–Trinajstić information content (AvgIpc) is 2.73. The number of pyridine rings is 1. The number of rotatable bonds is 10. The van der Waals surface area contributed by atoms with E-state index in [2.05, 4.69) is 40.7 Å². The number of halogens is 1. The molecule has 6 nitrogen and oxygen atoms in total. The van der Waals surface area contributed by atoms with Crippen molar-refractivity contribution < 1.29 is 9.47 Å². The lowest BCUT2D eigenvalue weighted by Gasteiger charge is -2.23. The molecule has 0 bridgehead atoms. The molecule has 1 aromatic heterocycles. The Morgan fingerprint density at radius 3 is 2.41 bits per heavy atom. The number of nitrogens with one attached hydrogen (secondary N) is 2. The van der Waals surface area contributed by atoms with Crippen molar-refractivity contribution in [3.63, 3.8) is 0 Å². The molecular weight excluding hydrogens is 499 g/mol. The third-order valence-electron chi connectivity index (χ3n) is 4.06. The van der Waals surface area contributed by atoms with Crippen molar-refractivity contribution in [1.82, 2.24) is 15.6 Å². The summed E-state index contributed by atoms with van der Waals surface area (Å²) in [7, 11) is 1.77. The average molecular weight is 530 g/mol. The van der Waals surface area contributed by atoms with Gasteiger partial charge in [0.2, 0.25) is 5.88 Å². The molecule has 0 radical (unpaired) electrons. The first kappa shape index (κ1) is 25.4. The molecule has 0 spiro atoms. The van der Waals surface area contributed by atoms with E-state index in [1.54, 1.807) is 13.2 Å². The van der Waals surface area contributed by atoms with Crippen LogP contribution in [-0.2, 0) is 6.54 Å². The van der Waals surface area contributed by atoms with Crippen LogP contribution in [0.15, 0.2) is 53.7 Å². The fourth-order valence-electron chi connectivity index (χ4n) is 2.20. The van der Waals surface area contributed by atoms with E-state index in [1.807, 2.05) is 54.2 Å². The highest BCUT2D eigenvalue weighted by molar-refractivity contribution is 14.0. The van der Waals surface area contributed by atoms with Crippen LogP contribution in [0.4, 0.5) is 0 Å². The van der Waals surface area contributed by atoms with E-state index in [9.17, 15) is 0 Å². The molecule has 29 heavy (non-hydrogen) atoms. The molecule has 0 aliphatic rings. The number of aromatic nitrogens is 1. The molecule has 2 N–H and O–H groups in total. The van der Waals surface area contributed by atoms with Gasteiger partial charge in [-0.05, 0) is 37.8 Å². The number of thioether (sulfide) groups is 1. The van der Waals surface area contributed by atoms with Crippen molar-refractivity contribution in [2.45, 2.75) is 25.1 Å². The van der Waals surface area contributed by atoms with Crippen LogP contribution >= 0.6 is 35.7 Å². The number of aliphatic imine (C=N–C) groups is 1. The lowest BCUT2D eigenvalue weighted by Crippen LogP contribution is -2.42. The van der Waals surface area contributed by atoms with Crippen molar-refractivity contribution in [2.24, 2.45) is 4.99 Å². The monoisotopic (exact) mass is 530 g/mol. The summed E-state index contributed by atoms with van der Waals surface area (Å²) in [6.45, 7) is 6.80. The predicted molar refractivity (Wildman–Crippen MR) is 133 cm³/mol. The largest absolute Gasteiger partial charge is 0.490 e. The fraction of sp³-hybridized carbons (Fsp3) is 0.429. The first-order valence-electron chi connectivity index (χ1n) is 9.27. The first-order valence-corrected chi connectivity index (χ1v) is 10.5. The van der Waals surface area contributed by atoms with Crippen molar-refractivity contribution in [3.05, 3.63) is 54.2 Å². The second-order valence-corrected chi connectivity index (χ2v) is 8.27. The number of guanidine groups is 1. The van der Waals surface area contributed by atoms with E-state index >= 15 is 0 Å². The van der Waals surface area contributed by atoms with Gasteiger partial charge in [-0.25, -0.2) is 4.98 Å². The van der Waals surface area contributed by atoms with Crippen LogP contribution in [-0.4, -0.2) is 48.8 Å². The summed E-state index contributed by atoms with van der Waals surface area (Å²) in [5, 5.41) is 6.65. The molecule has 0 aliphatic carbocycles. The summed E-state index contributed by atoms with van der Waals surface area (Å²) in [5.74, 6) is 2.20. The van der Waals surface area contributed by atoms with Crippen molar-refractivity contribution in [1.29, 1.82) is 0 Å². The third kappa shape index (κ3) is 10.1. The number of para-hydroxylation sites is 1. The van der Waals surface area contributed by atoms with E-state index in [0.717, 1.165) is 23.8 Å². The zero-order valence-corrected chi connectivity index (χ0v) is 20.6. The van der Waals surface area contributed by atoms with Crippen LogP contribution in [0.25, 0.3) is 0 Å². The van der Waals surface area contributed by atoms with Crippen molar-refractivity contribution in [3.8, 4) is 11.6 Å². The maximum atomic E-state index is 5.62. The van der Waals surface area contributed by atoms with E-state index < -0.39 is 0 Å². The first-order chi connectivity index (χ1) is 13.5. The molecular formula is C21H31IN4O2S. The van der Waals surface area contributed by atoms with Gasteiger partial charge in [0.25, 0.3) is 0 Å². The van der Waals surface area contributed by atoms with Gasteiger partial charge in [0.1, 0.15) is 19.0 Å². The van der Waals surface area contributed by atoms with Gasteiger partial charge in [0, 0.05) is 37.1 Å². The van der Waals surface area contributed by atoms with Crippen molar-refractivity contribution in [2.75, 3.05) is 33.1 Å². The molecule has 0 saturated carbocycles. The van der Waals surface area contributed by atoms with Crippen LogP contribution < -0.4 is 20.1 Å². The molecule has 0 fully saturated rings. The Hall–Kier alpha value is -1.68. The Morgan fingerprint density at radius 2 is 1.79 bits per heavy atom. The summed E-state index contributed by atoms with van der Waals surface area (Å²) in [6, 6.07) is 13.5. The molecule has 160 valence electrons. The smallest absolute Gasteiger partial charge is 0.213 e. The molecule has 0 aliphatic heterocycles. The predicted octanol–water partition coefficient (Wildman–Crippen LogP) is 3.96. The number of hydrogen-bond acceptors (Lipinski definition) is 5. The van der Waals surface area contributed by atoms with Crippen LogP contribution in [0, 0.1) is 0 Å². The maximum Gasteiger partial charge on any atom is 0.213 e. The molecule has 0 amide bonds. The Bertz CT molecular complexity index is 727. The van der Waals surface area contributed by atoms with E-state index in [-0.39, 0.29) is 28.7 Å². The Kier molecular flexibility index (Phi) is 11.8. The standard InChI is InChI=1S/C21H30N4O2S.HI/c1-21(2,28-4)16-25-20(22-3)24-15-17-10-11-19(23-14-17)27-13-12-26-18-8-6-5-7-9-18;/h5-11,14H,12-13,15-16H2,1-4H3,(H2,22,24,25);1H. The van der Waals surface area contributed by atoms with Gasteiger partial charge in [-0.3, -0.25) is 4.99 Å². The molecule has 0 saturated heterocycles. The molecule has 0 atom stereocenters. The number of hydrogen-bond donors (Lipinski definition) is 2. The molecule has 8 heteroatoms. The van der Waals surface area contributed by atoms with Crippen LogP contribution in [0.3, 0.4) is 0 Å². The van der Waals surface area contributed by atoms with Crippen LogP contribution in [0.5, 0.6) is 11.6 Å². The van der Waals surface area contributed by atoms with Gasteiger partial charge in [0.15, 0.2) is 5.96 Å². The van der Waals surface area contributed by atoms with Gasteiger partial charge in [-0.2, -0.15) is 11.8 Å². The number of benzene rings is 1. The quantitative estimate of drug-likeness (QED) is 0.210. The highest BCUT2D eigenvalue weighted by Gasteiger charge is 2.16. The molecule has 1 aromatic carbocycles. The minimum Gasteiger partial charge on any atom is -0.490 e. The summed E-state index contributed by atoms with van der Waals surface area (Å²) >= 11 is 1.82. The topological polar surface area (TPSA) is 67.8 Å². The maximum absolute atomic E-state index is 5.62. The minimum absolute atomic E-state index is 0. The van der Waals surface area contributed by atoms with E-state index in [0.29, 0.717) is 25.6 Å². The van der Waals surface area contributed by atoms with Crippen LogP contribution in [0.1, 0.15) is 19.4 Å². The van der Waals surface area contributed by atoms with Gasteiger partial charge in [-0.15, -0.1) is 24.0 Å². The van der Waals surface area contributed by atoms with Gasteiger partial charge < -0.3 is 20.1 Å². The Balaban J connectivity index is 0.00000420. The van der Waals surface area contributed by atoms with Gasteiger partial charge >= 0.3 is 0 Å². The number of ether oxygens (including phenoxy) is 2. The lowest BCUT2D eigenvalue weighted by molar-refractivity contribution is 0.212. The zero-order valence-electron chi connectivity index (χ0n) is 17.5. The fourth-order valence-corrected chi connectivity index (χ4v) is 2.42. The highest BCUT2D eigenvalue weighted by atomic mass is 127. The van der Waals surface area contributed by atoms with Gasteiger partial charge in [-0.1, -0.05) is 24.3 Å². The zero-order chi connectivity index (χ0) is 20.2. The minimum atomic E-state index is 0. The summed E-state index contributed by atoms with van der Waals surface area (Å²) < 4.78 is 11.4. The molecule has 2 rings (SSSR count). The Morgan fingerprint density at radius 1 is 1.07 bits per heavy atom. The Labute approximate surface area is 195 Å². The summed E-state index contributed by atoms with van der Waals surface area (Å²) in [4.78, 5) is 8.60. The summed E-state index contributed by atoms with van der Waals surface area (Å²) in [6.07, 6.45) is 3.92.